The third kappa shape index (κ3) is 3.32. The van der Waals surface area contributed by atoms with Crippen LogP contribution in [0.3, 0.4) is 0 Å². The Morgan fingerprint density at radius 3 is 2.38 bits per heavy atom. The molecule has 0 aliphatic carbocycles. The number of hydrogen-bond acceptors (Lipinski definition) is 2. The Labute approximate surface area is 151 Å². The summed E-state index contributed by atoms with van der Waals surface area (Å²) < 4.78 is 44.6. The Morgan fingerprint density at radius 2 is 1.69 bits per heavy atom. The topological polar surface area (TPSA) is 12.5 Å². The first kappa shape index (κ1) is 17.4. The molecule has 0 unspecified atom stereocenters. The number of alkyl halides is 3. The molecule has 1 saturated heterocycles. The largest absolute Gasteiger partial charge is 0.493 e. The highest BCUT2D eigenvalue weighted by atomic mass is 19.4. The van der Waals surface area contributed by atoms with Gasteiger partial charge in [-0.15, -0.1) is 0 Å². The molecule has 0 atom stereocenters. The van der Waals surface area contributed by atoms with Crippen LogP contribution < -0.4 is 4.74 Å². The Kier molecular flexibility index (Phi) is 4.43. The van der Waals surface area contributed by atoms with Crippen molar-refractivity contribution in [3.05, 3.63) is 65.2 Å². The molecule has 1 spiro atoms. The summed E-state index contributed by atoms with van der Waals surface area (Å²) in [5.41, 5.74) is 1.57. The standard InChI is InChI=1S/C21H22F3NO/c22-21(23,24)17-6-7-18-19(14-17)26-13-10-20(18)8-11-25(12-9-20)15-16-4-2-1-3-5-16/h1-7,14H,8-13,15H2. The first-order valence-electron chi connectivity index (χ1n) is 9.07. The number of hydrogen-bond donors (Lipinski definition) is 0. The van der Waals surface area contributed by atoms with Gasteiger partial charge in [0.2, 0.25) is 0 Å². The van der Waals surface area contributed by atoms with Crippen molar-refractivity contribution in [3.63, 3.8) is 0 Å². The summed E-state index contributed by atoms with van der Waals surface area (Å²) in [6, 6.07) is 14.4. The second kappa shape index (κ2) is 6.62. The molecule has 0 amide bonds. The monoisotopic (exact) mass is 361 g/mol. The molecular weight excluding hydrogens is 339 g/mol. The van der Waals surface area contributed by atoms with Crippen molar-refractivity contribution in [3.8, 4) is 5.75 Å². The zero-order valence-electron chi connectivity index (χ0n) is 14.6. The number of ether oxygens (including phenoxy) is 1. The molecule has 26 heavy (non-hydrogen) atoms. The minimum atomic E-state index is -4.33. The van der Waals surface area contributed by atoms with E-state index in [0.717, 1.165) is 44.5 Å². The highest BCUT2D eigenvalue weighted by molar-refractivity contribution is 5.45. The second-order valence-electron chi connectivity index (χ2n) is 7.35. The van der Waals surface area contributed by atoms with Crippen LogP contribution >= 0.6 is 0 Å². The van der Waals surface area contributed by atoms with Crippen molar-refractivity contribution >= 4 is 0 Å². The maximum absolute atomic E-state index is 13.0. The lowest BCUT2D eigenvalue weighted by Crippen LogP contribution is -2.44. The number of fused-ring (bicyclic) bond motifs is 2. The van der Waals surface area contributed by atoms with Gasteiger partial charge in [0, 0.05) is 17.5 Å². The van der Waals surface area contributed by atoms with Gasteiger partial charge in [0.25, 0.3) is 0 Å². The lowest BCUT2D eigenvalue weighted by Gasteiger charge is -2.45. The Balaban J connectivity index is 1.51. The zero-order valence-corrected chi connectivity index (χ0v) is 14.6. The van der Waals surface area contributed by atoms with E-state index < -0.39 is 11.7 Å². The molecule has 2 nitrogen and oxygen atoms in total. The van der Waals surface area contributed by atoms with Crippen molar-refractivity contribution in [2.45, 2.75) is 37.4 Å². The van der Waals surface area contributed by atoms with Gasteiger partial charge in [0.15, 0.2) is 0 Å². The minimum absolute atomic E-state index is 0.0507. The summed E-state index contributed by atoms with van der Waals surface area (Å²) in [5.74, 6) is 0.419. The molecule has 2 aromatic carbocycles. The highest BCUT2D eigenvalue weighted by Gasteiger charge is 2.41. The molecule has 1 fully saturated rings. The molecule has 0 bridgehead atoms. The van der Waals surface area contributed by atoms with E-state index in [1.807, 2.05) is 18.2 Å². The molecule has 2 aromatic rings. The molecular formula is C21H22F3NO. The molecule has 4 rings (SSSR count). The second-order valence-corrected chi connectivity index (χ2v) is 7.35. The lowest BCUT2D eigenvalue weighted by atomic mass is 9.69. The third-order valence-corrected chi connectivity index (χ3v) is 5.78. The Bertz CT molecular complexity index is 765. The summed E-state index contributed by atoms with van der Waals surface area (Å²) in [5, 5.41) is 0. The van der Waals surface area contributed by atoms with E-state index in [-0.39, 0.29) is 5.41 Å². The van der Waals surface area contributed by atoms with Crippen LogP contribution in [0.4, 0.5) is 13.2 Å². The molecule has 0 saturated carbocycles. The normalized spacial score (nSPS) is 19.8. The fraction of sp³-hybridized carbons (Fsp3) is 0.429. The Morgan fingerprint density at radius 1 is 0.962 bits per heavy atom. The van der Waals surface area contributed by atoms with E-state index in [9.17, 15) is 13.2 Å². The molecule has 138 valence electrons. The number of halogens is 3. The first-order valence-corrected chi connectivity index (χ1v) is 9.07. The predicted octanol–water partition coefficient (Wildman–Crippen LogP) is 5.02. The number of piperidine rings is 1. The van der Waals surface area contributed by atoms with Crippen molar-refractivity contribution < 1.29 is 17.9 Å². The maximum Gasteiger partial charge on any atom is 0.416 e. The number of benzene rings is 2. The van der Waals surface area contributed by atoms with Gasteiger partial charge in [-0.05, 0) is 50.0 Å². The molecule has 2 aliphatic rings. The van der Waals surface area contributed by atoms with Gasteiger partial charge in [0.1, 0.15) is 5.75 Å². The van der Waals surface area contributed by atoms with Crippen molar-refractivity contribution in [2.75, 3.05) is 19.7 Å². The van der Waals surface area contributed by atoms with E-state index in [2.05, 4.69) is 17.0 Å². The third-order valence-electron chi connectivity index (χ3n) is 5.78. The minimum Gasteiger partial charge on any atom is -0.493 e. The molecule has 2 aliphatic heterocycles. The number of likely N-dealkylation sites (tertiary alicyclic amines) is 1. The van der Waals surface area contributed by atoms with E-state index in [1.54, 1.807) is 6.07 Å². The highest BCUT2D eigenvalue weighted by Crippen LogP contribution is 2.47. The molecule has 2 heterocycles. The van der Waals surface area contributed by atoms with Gasteiger partial charge in [-0.3, -0.25) is 4.90 Å². The van der Waals surface area contributed by atoms with Crippen molar-refractivity contribution in [1.82, 2.24) is 4.90 Å². The van der Waals surface area contributed by atoms with Gasteiger partial charge in [-0.25, -0.2) is 0 Å². The SMILES string of the molecule is FC(F)(F)c1ccc2c(c1)OCCC21CCN(Cc2ccccc2)CC1. The van der Waals surface area contributed by atoms with E-state index in [4.69, 9.17) is 4.74 Å². The average molecular weight is 361 g/mol. The maximum atomic E-state index is 13.0. The fourth-order valence-electron chi connectivity index (χ4n) is 4.25. The predicted molar refractivity (Wildman–Crippen MR) is 94.2 cm³/mol. The lowest BCUT2D eigenvalue weighted by molar-refractivity contribution is -0.137. The molecule has 0 N–H and O–H groups in total. The van der Waals surface area contributed by atoms with Crippen LogP contribution in [0.1, 0.15) is 36.0 Å². The van der Waals surface area contributed by atoms with Crippen LogP contribution in [-0.2, 0) is 18.1 Å². The van der Waals surface area contributed by atoms with Crippen LogP contribution in [-0.4, -0.2) is 24.6 Å². The summed E-state index contributed by atoms with van der Waals surface area (Å²) >= 11 is 0. The van der Waals surface area contributed by atoms with Crippen molar-refractivity contribution in [2.24, 2.45) is 0 Å². The van der Waals surface area contributed by atoms with Gasteiger partial charge < -0.3 is 4.74 Å². The van der Waals surface area contributed by atoms with E-state index in [1.165, 1.54) is 17.7 Å². The zero-order chi connectivity index (χ0) is 18.2. The van der Waals surface area contributed by atoms with Crippen molar-refractivity contribution in [1.29, 1.82) is 0 Å². The fourth-order valence-corrected chi connectivity index (χ4v) is 4.25. The average Bonchev–Trinajstić information content (AvgIpc) is 2.64. The summed E-state index contributed by atoms with van der Waals surface area (Å²) in [6.07, 6.45) is -1.53. The van der Waals surface area contributed by atoms with E-state index >= 15 is 0 Å². The smallest absolute Gasteiger partial charge is 0.416 e. The quantitative estimate of drug-likeness (QED) is 0.745. The number of nitrogens with zero attached hydrogens (tertiary/aromatic N) is 1. The molecule has 5 heteroatoms. The number of rotatable bonds is 2. The van der Waals surface area contributed by atoms with Crippen LogP contribution in [0.5, 0.6) is 5.75 Å². The van der Waals surface area contributed by atoms with Gasteiger partial charge in [-0.2, -0.15) is 13.2 Å². The van der Waals surface area contributed by atoms with Gasteiger partial charge in [0.05, 0.1) is 12.2 Å². The van der Waals surface area contributed by atoms with Crippen LogP contribution in [0, 0.1) is 0 Å². The molecule has 0 radical (unpaired) electrons. The van der Waals surface area contributed by atoms with Gasteiger partial charge >= 0.3 is 6.18 Å². The Hall–Kier alpha value is -2.01. The molecule has 0 aromatic heterocycles. The first-order chi connectivity index (χ1) is 12.5. The summed E-state index contributed by atoms with van der Waals surface area (Å²) in [7, 11) is 0. The van der Waals surface area contributed by atoms with Crippen LogP contribution in [0.2, 0.25) is 0 Å². The van der Waals surface area contributed by atoms with E-state index in [0.29, 0.717) is 12.4 Å². The van der Waals surface area contributed by atoms with Crippen LogP contribution in [0.15, 0.2) is 48.5 Å². The summed E-state index contributed by atoms with van der Waals surface area (Å²) in [6.45, 7) is 3.32. The summed E-state index contributed by atoms with van der Waals surface area (Å²) in [4.78, 5) is 2.43. The van der Waals surface area contributed by atoms with Gasteiger partial charge in [-0.1, -0.05) is 36.4 Å². The van der Waals surface area contributed by atoms with Crippen LogP contribution in [0.25, 0.3) is 0 Å².